The number of hydrogen-bond acceptors (Lipinski definition) is 8. The molecule has 10 nitrogen and oxygen atoms in total. The summed E-state index contributed by atoms with van der Waals surface area (Å²) in [5.74, 6) is 1.80. The van der Waals surface area contributed by atoms with Crippen LogP contribution >= 0.6 is 11.8 Å². The summed E-state index contributed by atoms with van der Waals surface area (Å²) >= 11 is 1.16. The molecule has 1 aliphatic rings. The fourth-order valence-corrected chi connectivity index (χ4v) is 3.20. The standard InChI is InChI=1S/C17H15N5O5S/c1-22-15(12-3-2-6-25-12)20-21-17(22)28-8-14(23)19-16(24)18-10-4-5-11-13(7-10)27-9-26-11/h2-7H,8-9H2,1H3,(H2,18,19,23,24). The minimum absolute atomic E-state index is 0.00130. The zero-order valence-corrected chi connectivity index (χ0v) is 15.5. The topological polar surface area (TPSA) is 121 Å². The molecule has 1 aromatic carbocycles. The van der Waals surface area contributed by atoms with Crippen molar-refractivity contribution in [3.8, 4) is 23.1 Å². The first kappa shape index (κ1) is 17.9. The Morgan fingerprint density at radius 1 is 1.21 bits per heavy atom. The third kappa shape index (κ3) is 3.78. The largest absolute Gasteiger partial charge is 0.461 e. The van der Waals surface area contributed by atoms with Crippen molar-refractivity contribution in [1.82, 2.24) is 20.1 Å². The van der Waals surface area contributed by atoms with Gasteiger partial charge in [-0.2, -0.15) is 0 Å². The van der Waals surface area contributed by atoms with Gasteiger partial charge in [-0.15, -0.1) is 10.2 Å². The molecule has 0 atom stereocenters. The Morgan fingerprint density at radius 3 is 2.89 bits per heavy atom. The molecular formula is C17H15N5O5S. The maximum atomic E-state index is 12.0. The van der Waals surface area contributed by atoms with E-state index in [9.17, 15) is 9.59 Å². The maximum absolute atomic E-state index is 12.0. The van der Waals surface area contributed by atoms with Crippen LogP contribution in [0.25, 0.3) is 11.6 Å². The van der Waals surface area contributed by atoms with E-state index in [-0.39, 0.29) is 12.5 Å². The molecule has 11 heteroatoms. The van der Waals surface area contributed by atoms with Gasteiger partial charge < -0.3 is 23.8 Å². The molecule has 0 spiro atoms. The van der Waals surface area contributed by atoms with Crippen molar-refractivity contribution in [3.63, 3.8) is 0 Å². The second-order valence-electron chi connectivity index (χ2n) is 5.70. The lowest BCUT2D eigenvalue weighted by Gasteiger charge is -2.07. The zero-order valence-electron chi connectivity index (χ0n) is 14.7. The number of thioether (sulfide) groups is 1. The zero-order chi connectivity index (χ0) is 19.5. The monoisotopic (exact) mass is 401 g/mol. The van der Waals surface area contributed by atoms with Gasteiger partial charge in [0.2, 0.25) is 12.7 Å². The van der Waals surface area contributed by atoms with E-state index >= 15 is 0 Å². The summed E-state index contributed by atoms with van der Waals surface area (Å²) in [4.78, 5) is 24.0. The first-order valence-corrected chi connectivity index (χ1v) is 9.15. The smallest absolute Gasteiger partial charge is 0.325 e. The Morgan fingerprint density at radius 2 is 2.07 bits per heavy atom. The van der Waals surface area contributed by atoms with E-state index in [0.29, 0.717) is 33.9 Å². The first-order valence-electron chi connectivity index (χ1n) is 8.17. The summed E-state index contributed by atoms with van der Waals surface area (Å²) in [5, 5.41) is 13.4. The van der Waals surface area contributed by atoms with Crippen LogP contribution in [-0.4, -0.2) is 39.2 Å². The number of carbonyl (C=O) groups excluding carboxylic acids is 2. The van der Waals surface area contributed by atoms with Crippen LogP contribution in [0.15, 0.2) is 46.2 Å². The van der Waals surface area contributed by atoms with E-state index in [1.807, 2.05) is 0 Å². The Hall–Kier alpha value is -3.47. The molecule has 0 fully saturated rings. The van der Waals surface area contributed by atoms with E-state index in [0.717, 1.165) is 11.8 Å². The normalized spacial score (nSPS) is 12.0. The van der Waals surface area contributed by atoms with Crippen molar-refractivity contribution in [1.29, 1.82) is 0 Å². The third-order valence-corrected chi connectivity index (χ3v) is 4.81. The molecule has 3 heterocycles. The number of imide groups is 1. The van der Waals surface area contributed by atoms with Gasteiger partial charge in [0, 0.05) is 18.8 Å². The van der Waals surface area contributed by atoms with Crippen LogP contribution in [0.2, 0.25) is 0 Å². The third-order valence-electron chi connectivity index (χ3n) is 3.79. The molecule has 2 aromatic heterocycles. The number of amides is 3. The molecule has 0 aliphatic carbocycles. The van der Waals surface area contributed by atoms with Crippen LogP contribution < -0.4 is 20.1 Å². The highest BCUT2D eigenvalue weighted by Crippen LogP contribution is 2.34. The van der Waals surface area contributed by atoms with Crippen LogP contribution in [0.3, 0.4) is 0 Å². The molecule has 4 rings (SSSR count). The minimum atomic E-state index is -0.640. The average molecular weight is 401 g/mol. The van der Waals surface area contributed by atoms with Crippen molar-refractivity contribution in [2.75, 3.05) is 17.9 Å². The molecule has 0 saturated heterocycles. The summed E-state index contributed by atoms with van der Waals surface area (Å²) in [7, 11) is 1.77. The van der Waals surface area contributed by atoms with Gasteiger partial charge in [-0.3, -0.25) is 10.1 Å². The quantitative estimate of drug-likeness (QED) is 0.625. The van der Waals surface area contributed by atoms with E-state index in [4.69, 9.17) is 13.9 Å². The number of furan rings is 1. The van der Waals surface area contributed by atoms with Gasteiger partial charge in [-0.25, -0.2) is 4.79 Å². The maximum Gasteiger partial charge on any atom is 0.325 e. The number of urea groups is 1. The van der Waals surface area contributed by atoms with E-state index in [1.165, 1.54) is 0 Å². The summed E-state index contributed by atoms with van der Waals surface area (Å²) in [5.41, 5.74) is 0.485. The summed E-state index contributed by atoms with van der Waals surface area (Å²) in [6.07, 6.45) is 1.54. The summed E-state index contributed by atoms with van der Waals surface area (Å²) in [6, 6.07) is 7.84. The van der Waals surface area contributed by atoms with Crippen molar-refractivity contribution < 1.29 is 23.5 Å². The molecule has 0 unspecified atom stereocenters. The van der Waals surface area contributed by atoms with E-state index in [1.54, 1.807) is 48.2 Å². The highest BCUT2D eigenvalue weighted by atomic mass is 32.2. The first-order chi connectivity index (χ1) is 13.6. The van der Waals surface area contributed by atoms with Crippen LogP contribution in [0.4, 0.5) is 10.5 Å². The van der Waals surface area contributed by atoms with E-state index in [2.05, 4.69) is 20.8 Å². The number of aromatic nitrogens is 3. The number of fused-ring (bicyclic) bond motifs is 1. The molecule has 0 saturated carbocycles. The fourth-order valence-electron chi connectivity index (χ4n) is 2.49. The van der Waals surface area contributed by atoms with Gasteiger partial charge in [0.05, 0.1) is 12.0 Å². The van der Waals surface area contributed by atoms with Gasteiger partial charge in [0.1, 0.15) is 0 Å². The minimum Gasteiger partial charge on any atom is -0.461 e. The molecule has 0 radical (unpaired) electrons. The SMILES string of the molecule is Cn1c(SCC(=O)NC(=O)Nc2ccc3c(c2)OCO3)nnc1-c1ccco1. The predicted octanol–water partition coefficient (Wildman–Crippen LogP) is 2.24. The Kier molecular flexibility index (Phi) is 4.89. The lowest BCUT2D eigenvalue weighted by molar-refractivity contribution is -0.117. The van der Waals surface area contributed by atoms with Crippen molar-refractivity contribution in [2.45, 2.75) is 5.16 Å². The lowest BCUT2D eigenvalue weighted by atomic mass is 10.3. The molecular weight excluding hydrogens is 386 g/mol. The Balaban J connectivity index is 1.29. The van der Waals surface area contributed by atoms with Crippen LogP contribution in [-0.2, 0) is 11.8 Å². The van der Waals surface area contributed by atoms with Crippen molar-refractivity contribution in [2.24, 2.45) is 7.05 Å². The molecule has 3 amide bonds. The van der Waals surface area contributed by atoms with Crippen LogP contribution in [0.1, 0.15) is 0 Å². The van der Waals surface area contributed by atoms with Gasteiger partial charge in [-0.05, 0) is 24.3 Å². The van der Waals surface area contributed by atoms with Gasteiger partial charge in [0.15, 0.2) is 28.2 Å². The summed E-state index contributed by atoms with van der Waals surface area (Å²) < 4.78 is 17.5. The highest BCUT2D eigenvalue weighted by molar-refractivity contribution is 7.99. The fraction of sp³-hybridized carbons (Fsp3) is 0.176. The van der Waals surface area contributed by atoms with Crippen molar-refractivity contribution in [3.05, 3.63) is 36.6 Å². The number of nitrogens with zero attached hydrogens (tertiary/aromatic N) is 3. The van der Waals surface area contributed by atoms with Gasteiger partial charge in [0.25, 0.3) is 0 Å². The van der Waals surface area contributed by atoms with E-state index < -0.39 is 11.9 Å². The molecule has 2 N–H and O–H groups in total. The molecule has 0 bridgehead atoms. The number of rotatable bonds is 5. The number of ether oxygens (including phenoxy) is 2. The highest BCUT2D eigenvalue weighted by Gasteiger charge is 2.17. The second kappa shape index (κ2) is 7.64. The van der Waals surface area contributed by atoms with Crippen molar-refractivity contribution >= 4 is 29.4 Å². The number of nitrogens with one attached hydrogen (secondary N) is 2. The second-order valence-corrected chi connectivity index (χ2v) is 6.64. The Bertz CT molecular complexity index is 1020. The predicted molar refractivity (Wildman–Crippen MR) is 99.2 cm³/mol. The number of carbonyl (C=O) groups is 2. The van der Waals surface area contributed by atoms with Gasteiger partial charge in [-0.1, -0.05) is 11.8 Å². The number of benzene rings is 1. The number of anilines is 1. The summed E-state index contributed by atoms with van der Waals surface area (Å²) in [6.45, 7) is 0.143. The van der Waals surface area contributed by atoms with Crippen LogP contribution in [0.5, 0.6) is 11.5 Å². The molecule has 1 aliphatic heterocycles. The average Bonchev–Trinajstić information content (AvgIpc) is 3.40. The molecule has 144 valence electrons. The molecule has 3 aromatic rings. The number of hydrogen-bond donors (Lipinski definition) is 2. The lowest BCUT2D eigenvalue weighted by Crippen LogP contribution is -2.35. The molecule has 28 heavy (non-hydrogen) atoms. The van der Waals surface area contributed by atoms with Crippen LogP contribution in [0, 0.1) is 0 Å². The Labute approximate surface area is 163 Å². The van der Waals surface area contributed by atoms with Gasteiger partial charge >= 0.3 is 6.03 Å².